The molecular weight excluding hydrogens is 368 g/mol. The van der Waals surface area contributed by atoms with Crippen LogP contribution in [0.1, 0.15) is 43.6 Å². The highest BCUT2D eigenvalue weighted by Crippen LogP contribution is 2.40. The second-order valence-electron chi connectivity index (χ2n) is 8.83. The van der Waals surface area contributed by atoms with Gasteiger partial charge < -0.3 is 19.5 Å². The SMILES string of the molecule is O=C1C(Oc2ccc(C3CC3)cc2)=CCN1[C@H]1C[C@@H](OCCN2CC[C@H](O)C2)C1. The molecule has 4 aliphatic rings. The van der Waals surface area contributed by atoms with E-state index in [4.69, 9.17) is 9.47 Å². The molecule has 6 heteroatoms. The standard InChI is InChI=1S/C23H30N2O4/c26-19-7-9-24(15-19)11-12-28-21-13-18(14-21)25-10-8-22(23(25)27)29-20-5-3-17(4-6-20)16-1-2-16/h3-6,8,16,18-19,21,26H,1-2,7,9-15H2/t18-,19-,21+/m0/s1. The van der Waals surface area contributed by atoms with Crippen LogP contribution < -0.4 is 4.74 Å². The second-order valence-corrected chi connectivity index (χ2v) is 8.83. The molecule has 1 aromatic rings. The zero-order chi connectivity index (χ0) is 19.8. The lowest BCUT2D eigenvalue weighted by atomic mass is 9.88. The van der Waals surface area contributed by atoms with E-state index in [1.165, 1.54) is 18.4 Å². The molecule has 0 spiro atoms. The van der Waals surface area contributed by atoms with Crippen LogP contribution in [-0.2, 0) is 9.53 Å². The summed E-state index contributed by atoms with van der Waals surface area (Å²) in [6.07, 6.45) is 7.18. The monoisotopic (exact) mass is 398 g/mol. The molecule has 0 bridgehead atoms. The number of benzene rings is 1. The van der Waals surface area contributed by atoms with Gasteiger partial charge in [0.15, 0.2) is 5.76 Å². The lowest BCUT2D eigenvalue weighted by molar-refractivity contribution is -0.135. The molecule has 1 atom stereocenters. The summed E-state index contributed by atoms with van der Waals surface area (Å²) >= 11 is 0. The molecule has 6 nitrogen and oxygen atoms in total. The molecule has 3 fully saturated rings. The fourth-order valence-electron chi connectivity index (χ4n) is 4.54. The maximum atomic E-state index is 12.7. The van der Waals surface area contributed by atoms with Crippen LogP contribution in [0.4, 0.5) is 0 Å². The summed E-state index contributed by atoms with van der Waals surface area (Å²) < 4.78 is 11.8. The molecule has 2 saturated carbocycles. The number of aliphatic hydroxyl groups excluding tert-OH is 1. The predicted molar refractivity (Wildman–Crippen MR) is 109 cm³/mol. The van der Waals surface area contributed by atoms with Crippen LogP contribution in [0.15, 0.2) is 36.1 Å². The number of nitrogens with zero attached hydrogens (tertiary/aromatic N) is 2. The molecule has 0 unspecified atom stereocenters. The minimum absolute atomic E-state index is 0.00854. The number of aliphatic hydroxyl groups is 1. The van der Waals surface area contributed by atoms with Crippen molar-refractivity contribution in [2.45, 2.75) is 56.3 Å². The first-order chi connectivity index (χ1) is 14.2. The normalized spacial score (nSPS) is 29.8. The van der Waals surface area contributed by atoms with Gasteiger partial charge in [-0.3, -0.25) is 9.69 Å². The lowest BCUT2D eigenvalue weighted by Gasteiger charge is -2.41. The van der Waals surface area contributed by atoms with Crippen LogP contribution in [0.3, 0.4) is 0 Å². The van der Waals surface area contributed by atoms with Gasteiger partial charge in [0, 0.05) is 32.2 Å². The van der Waals surface area contributed by atoms with E-state index in [2.05, 4.69) is 17.0 Å². The topological polar surface area (TPSA) is 62.2 Å². The summed E-state index contributed by atoms with van der Waals surface area (Å²) in [5.41, 5.74) is 1.37. The van der Waals surface area contributed by atoms with Gasteiger partial charge in [0.25, 0.3) is 5.91 Å². The Balaban J connectivity index is 1.03. The Hall–Kier alpha value is -1.89. The van der Waals surface area contributed by atoms with Gasteiger partial charge in [-0.2, -0.15) is 0 Å². The molecule has 1 amide bonds. The van der Waals surface area contributed by atoms with Crippen LogP contribution in [0.5, 0.6) is 5.75 Å². The lowest BCUT2D eigenvalue weighted by Crippen LogP contribution is -2.49. The molecule has 1 aromatic carbocycles. The van der Waals surface area contributed by atoms with E-state index in [1.54, 1.807) is 0 Å². The summed E-state index contributed by atoms with van der Waals surface area (Å²) in [6.45, 7) is 3.91. The summed E-state index contributed by atoms with van der Waals surface area (Å²) in [7, 11) is 0. The Morgan fingerprint density at radius 1 is 1.10 bits per heavy atom. The maximum Gasteiger partial charge on any atom is 0.289 e. The first-order valence-electron chi connectivity index (χ1n) is 11.0. The Bertz CT molecular complexity index is 768. The zero-order valence-corrected chi connectivity index (χ0v) is 16.8. The van der Waals surface area contributed by atoms with E-state index in [-0.39, 0.29) is 24.2 Å². The molecule has 2 heterocycles. The van der Waals surface area contributed by atoms with E-state index in [0.29, 0.717) is 18.9 Å². The number of hydrogen-bond donors (Lipinski definition) is 1. The fourth-order valence-corrected chi connectivity index (χ4v) is 4.54. The average molecular weight is 399 g/mol. The number of ether oxygens (including phenoxy) is 2. The second kappa shape index (κ2) is 8.09. The van der Waals surface area contributed by atoms with Gasteiger partial charge in [-0.1, -0.05) is 12.1 Å². The van der Waals surface area contributed by atoms with Gasteiger partial charge in [-0.05, 0) is 61.8 Å². The fraction of sp³-hybridized carbons (Fsp3) is 0.609. The van der Waals surface area contributed by atoms with Crippen molar-refractivity contribution in [1.29, 1.82) is 0 Å². The quantitative estimate of drug-likeness (QED) is 0.728. The third-order valence-electron chi connectivity index (χ3n) is 6.62. The summed E-state index contributed by atoms with van der Waals surface area (Å²) in [5.74, 6) is 1.90. The summed E-state index contributed by atoms with van der Waals surface area (Å²) in [5, 5.41) is 9.56. The molecule has 2 aliphatic heterocycles. The summed E-state index contributed by atoms with van der Waals surface area (Å²) in [6, 6.07) is 8.41. The van der Waals surface area contributed by atoms with E-state index in [1.807, 2.05) is 23.1 Å². The maximum absolute atomic E-state index is 12.7. The Labute approximate surface area is 172 Å². The van der Waals surface area contributed by atoms with Crippen LogP contribution >= 0.6 is 0 Å². The molecular formula is C23H30N2O4. The van der Waals surface area contributed by atoms with Crippen molar-refractivity contribution in [2.75, 3.05) is 32.8 Å². The molecule has 5 rings (SSSR count). The number of carbonyl (C=O) groups excluding carboxylic acids is 1. The molecule has 156 valence electrons. The van der Waals surface area contributed by atoms with Crippen molar-refractivity contribution in [2.24, 2.45) is 0 Å². The van der Waals surface area contributed by atoms with Crippen molar-refractivity contribution in [3.05, 3.63) is 41.7 Å². The predicted octanol–water partition coefficient (Wildman–Crippen LogP) is 2.28. The minimum atomic E-state index is -0.177. The number of carbonyl (C=O) groups is 1. The van der Waals surface area contributed by atoms with E-state index >= 15 is 0 Å². The average Bonchev–Trinajstić information content (AvgIpc) is 3.37. The first-order valence-corrected chi connectivity index (χ1v) is 11.0. The Morgan fingerprint density at radius 2 is 1.90 bits per heavy atom. The van der Waals surface area contributed by atoms with Crippen molar-refractivity contribution in [3.8, 4) is 5.75 Å². The van der Waals surface area contributed by atoms with E-state index in [9.17, 15) is 9.90 Å². The number of hydrogen-bond acceptors (Lipinski definition) is 5. The zero-order valence-electron chi connectivity index (χ0n) is 16.8. The minimum Gasteiger partial charge on any atom is -0.452 e. The van der Waals surface area contributed by atoms with Gasteiger partial charge in [0.1, 0.15) is 5.75 Å². The van der Waals surface area contributed by atoms with Gasteiger partial charge in [-0.15, -0.1) is 0 Å². The number of amides is 1. The van der Waals surface area contributed by atoms with Crippen LogP contribution in [-0.4, -0.2) is 71.8 Å². The number of β-amino-alcohol motifs (C(OH)–C–C–N with tert-alkyl or cyclic N) is 1. The van der Waals surface area contributed by atoms with Gasteiger partial charge >= 0.3 is 0 Å². The van der Waals surface area contributed by atoms with Crippen LogP contribution in [0.25, 0.3) is 0 Å². The molecule has 1 N–H and O–H groups in total. The van der Waals surface area contributed by atoms with Crippen molar-refractivity contribution in [3.63, 3.8) is 0 Å². The van der Waals surface area contributed by atoms with Crippen LogP contribution in [0.2, 0.25) is 0 Å². The van der Waals surface area contributed by atoms with Crippen molar-refractivity contribution < 1.29 is 19.4 Å². The summed E-state index contributed by atoms with van der Waals surface area (Å²) in [4.78, 5) is 16.9. The smallest absolute Gasteiger partial charge is 0.289 e. The third kappa shape index (κ3) is 4.34. The highest BCUT2D eigenvalue weighted by molar-refractivity contribution is 5.94. The third-order valence-corrected chi connectivity index (χ3v) is 6.62. The van der Waals surface area contributed by atoms with E-state index < -0.39 is 0 Å². The molecule has 0 aromatic heterocycles. The first kappa shape index (κ1) is 19.1. The van der Waals surface area contributed by atoms with Gasteiger partial charge in [0.2, 0.25) is 0 Å². The Kier molecular flexibility index (Phi) is 5.33. The largest absolute Gasteiger partial charge is 0.452 e. The molecule has 1 saturated heterocycles. The van der Waals surface area contributed by atoms with Crippen molar-refractivity contribution in [1.82, 2.24) is 9.80 Å². The molecule has 0 radical (unpaired) electrons. The van der Waals surface area contributed by atoms with Gasteiger partial charge in [-0.25, -0.2) is 0 Å². The highest BCUT2D eigenvalue weighted by atomic mass is 16.5. The number of likely N-dealkylation sites (tertiary alicyclic amines) is 1. The van der Waals surface area contributed by atoms with E-state index in [0.717, 1.165) is 50.6 Å². The van der Waals surface area contributed by atoms with Crippen LogP contribution in [0, 0.1) is 0 Å². The van der Waals surface area contributed by atoms with Gasteiger partial charge in [0.05, 0.1) is 18.8 Å². The van der Waals surface area contributed by atoms with Crippen molar-refractivity contribution >= 4 is 5.91 Å². The number of rotatable bonds is 8. The molecule has 29 heavy (non-hydrogen) atoms. The molecule has 2 aliphatic carbocycles. The Morgan fingerprint density at radius 3 is 2.59 bits per heavy atom. The highest BCUT2D eigenvalue weighted by Gasteiger charge is 2.40.